The van der Waals surface area contributed by atoms with Crippen molar-refractivity contribution in [3.8, 4) is 0 Å². The van der Waals surface area contributed by atoms with E-state index >= 15 is 0 Å². The van der Waals surface area contributed by atoms with E-state index in [4.69, 9.17) is 0 Å². The fourth-order valence-corrected chi connectivity index (χ4v) is 3.56. The van der Waals surface area contributed by atoms with Crippen LogP contribution in [0.3, 0.4) is 0 Å². The Morgan fingerprint density at radius 2 is 1.74 bits per heavy atom. The van der Waals surface area contributed by atoms with Crippen molar-refractivity contribution in [2.45, 2.75) is 13.8 Å². The Morgan fingerprint density at radius 3 is 2.52 bits per heavy atom. The molecule has 0 aliphatic carbocycles. The SMILES string of the molecule is Cc1ccc(Nc2nc3ccc(C(=O)c4ccccc4)cc3n3c(C)nnc23)cc1F. The fraction of sp³-hybridized carbons (Fsp3) is 0.0833. The summed E-state index contributed by atoms with van der Waals surface area (Å²) in [7, 11) is 0. The Hall–Kier alpha value is -4.13. The molecule has 0 unspecified atom stereocenters. The van der Waals surface area contributed by atoms with Crippen LogP contribution in [0.15, 0.2) is 66.7 Å². The van der Waals surface area contributed by atoms with Gasteiger partial charge >= 0.3 is 0 Å². The average Bonchev–Trinajstić information content (AvgIpc) is 3.18. The molecular weight excluding hydrogens is 393 g/mol. The first kappa shape index (κ1) is 18.9. The summed E-state index contributed by atoms with van der Waals surface area (Å²) in [5.74, 6) is 0.741. The number of nitrogens with zero attached hydrogens (tertiary/aromatic N) is 4. The van der Waals surface area contributed by atoms with Crippen molar-refractivity contribution in [1.82, 2.24) is 19.6 Å². The van der Waals surface area contributed by atoms with Crippen molar-refractivity contribution in [3.63, 3.8) is 0 Å². The van der Waals surface area contributed by atoms with Gasteiger partial charge in [0.15, 0.2) is 11.6 Å². The van der Waals surface area contributed by atoms with Crippen LogP contribution in [0.4, 0.5) is 15.9 Å². The molecule has 0 saturated carbocycles. The third-order valence-corrected chi connectivity index (χ3v) is 5.22. The number of nitrogens with one attached hydrogen (secondary N) is 1. The molecule has 31 heavy (non-hydrogen) atoms. The minimum Gasteiger partial charge on any atom is -0.337 e. The lowest BCUT2D eigenvalue weighted by molar-refractivity contribution is 0.103. The summed E-state index contributed by atoms with van der Waals surface area (Å²) in [5.41, 5.74) is 4.18. The molecule has 0 atom stereocenters. The molecule has 7 heteroatoms. The predicted molar refractivity (Wildman–Crippen MR) is 117 cm³/mol. The van der Waals surface area contributed by atoms with Gasteiger partial charge in [-0.3, -0.25) is 9.20 Å². The third-order valence-electron chi connectivity index (χ3n) is 5.22. The van der Waals surface area contributed by atoms with Crippen molar-refractivity contribution in [2.24, 2.45) is 0 Å². The largest absolute Gasteiger partial charge is 0.337 e. The number of halogens is 1. The second-order valence-corrected chi connectivity index (χ2v) is 7.35. The Labute approximate surface area is 177 Å². The van der Waals surface area contributed by atoms with Crippen LogP contribution in [0.5, 0.6) is 0 Å². The minimum atomic E-state index is -0.302. The van der Waals surface area contributed by atoms with E-state index in [-0.39, 0.29) is 11.6 Å². The molecule has 152 valence electrons. The zero-order valence-corrected chi connectivity index (χ0v) is 16.9. The molecule has 3 aromatic carbocycles. The zero-order valence-electron chi connectivity index (χ0n) is 16.9. The number of hydrogen-bond acceptors (Lipinski definition) is 5. The molecule has 0 bridgehead atoms. The quantitative estimate of drug-likeness (QED) is 0.421. The second kappa shape index (κ2) is 7.28. The van der Waals surface area contributed by atoms with E-state index in [9.17, 15) is 9.18 Å². The number of ketones is 1. The van der Waals surface area contributed by atoms with Crippen molar-refractivity contribution in [1.29, 1.82) is 0 Å². The summed E-state index contributed by atoms with van der Waals surface area (Å²) in [4.78, 5) is 17.6. The Balaban J connectivity index is 1.64. The fourth-order valence-electron chi connectivity index (χ4n) is 3.56. The van der Waals surface area contributed by atoms with Crippen LogP contribution in [0.25, 0.3) is 16.7 Å². The Morgan fingerprint density at radius 1 is 0.935 bits per heavy atom. The highest BCUT2D eigenvalue weighted by molar-refractivity contribution is 6.10. The van der Waals surface area contributed by atoms with E-state index in [0.29, 0.717) is 45.2 Å². The molecule has 1 N–H and O–H groups in total. The number of aryl methyl sites for hydroxylation is 2. The van der Waals surface area contributed by atoms with E-state index in [1.807, 2.05) is 29.5 Å². The molecule has 0 aliphatic heterocycles. The summed E-state index contributed by atoms with van der Waals surface area (Å²) in [6, 6.07) is 19.4. The molecule has 5 aromatic rings. The summed E-state index contributed by atoms with van der Waals surface area (Å²) in [6.45, 7) is 3.54. The smallest absolute Gasteiger partial charge is 0.204 e. The number of carbonyl (C=O) groups is 1. The van der Waals surface area contributed by atoms with Crippen LogP contribution >= 0.6 is 0 Å². The van der Waals surface area contributed by atoms with Gasteiger partial charge in [0.05, 0.1) is 11.0 Å². The number of fused-ring (bicyclic) bond motifs is 3. The van der Waals surface area contributed by atoms with Crippen molar-refractivity contribution in [2.75, 3.05) is 5.32 Å². The topological polar surface area (TPSA) is 72.2 Å². The molecule has 0 radical (unpaired) electrons. The second-order valence-electron chi connectivity index (χ2n) is 7.35. The Bertz CT molecular complexity index is 1460. The van der Waals surface area contributed by atoms with Gasteiger partial charge in [-0.05, 0) is 49.7 Å². The lowest BCUT2D eigenvalue weighted by Gasteiger charge is -2.11. The lowest BCUT2D eigenvalue weighted by atomic mass is 10.0. The van der Waals surface area contributed by atoms with Gasteiger partial charge in [-0.15, -0.1) is 10.2 Å². The van der Waals surface area contributed by atoms with E-state index < -0.39 is 0 Å². The van der Waals surface area contributed by atoms with Crippen molar-refractivity contribution < 1.29 is 9.18 Å². The molecular formula is C24H18FN5O. The van der Waals surface area contributed by atoms with Gasteiger partial charge in [-0.1, -0.05) is 36.4 Å². The predicted octanol–water partition coefficient (Wildman–Crippen LogP) is 5.01. The molecule has 2 aromatic heterocycles. The maximum atomic E-state index is 14.0. The maximum Gasteiger partial charge on any atom is 0.204 e. The molecule has 0 saturated heterocycles. The first-order valence-electron chi connectivity index (χ1n) is 9.80. The van der Waals surface area contributed by atoms with Gasteiger partial charge in [0.1, 0.15) is 11.6 Å². The van der Waals surface area contributed by atoms with Crippen molar-refractivity contribution >= 4 is 34.0 Å². The Kier molecular flexibility index (Phi) is 4.43. The highest BCUT2D eigenvalue weighted by atomic mass is 19.1. The number of benzene rings is 3. The minimum absolute atomic E-state index is 0.0706. The number of anilines is 2. The van der Waals surface area contributed by atoms with Gasteiger partial charge in [0.25, 0.3) is 0 Å². The highest BCUT2D eigenvalue weighted by Crippen LogP contribution is 2.26. The maximum absolute atomic E-state index is 14.0. The summed E-state index contributed by atoms with van der Waals surface area (Å²) in [5, 5.41) is 11.6. The van der Waals surface area contributed by atoms with Crippen LogP contribution in [0.1, 0.15) is 27.3 Å². The third kappa shape index (κ3) is 3.30. The number of rotatable bonds is 4. The van der Waals surface area contributed by atoms with E-state index in [1.54, 1.807) is 49.4 Å². The van der Waals surface area contributed by atoms with Gasteiger partial charge in [-0.25, -0.2) is 9.37 Å². The van der Waals surface area contributed by atoms with Crippen LogP contribution in [-0.2, 0) is 0 Å². The molecule has 0 fully saturated rings. The molecule has 2 heterocycles. The summed E-state index contributed by atoms with van der Waals surface area (Å²) >= 11 is 0. The van der Waals surface area contributed by atoms with Crippen molar-refractivity contribution in [3.05, 3.63) is 95.1 Å². The van der Waals surface area contributed by atoms with E-state index in [1.165, 1.54) is 6.07 Å². The number of hydrogen-bond donors (Lipinski definition) is 1. The standard InChI is InChI=1S/C24H18FN5O/c1-14-8-10-18(13-19(14)25)26-23-24-29-28-15(2)30(24)21-12-17(9-11-20(21)27-23)22(31)16-6-4-3-5-7-16/h3-13H,1-2H3,(H,26,27). The summed E-state index contributed by atoms with van der Waals surface area (Å²) in [6.07, 6.45) is 0. The van der Waals surface area contributed by atoms with E-state index in [2.05, 4.69) is 20.5 Å². The van der Waals surface area contributed by atoms with Gasteiger partial charge in [0, 0.05) is 16.8 Å². The number of carbonyl (C=O) groups excluding carboxylic acids is 1. The monoisotopic (exact) mass is 411 g/mol. The lowest BCUT2D eigenvalue weighted by Crippen LogP contribution is -2.05. The zero-order chi connectivity index (χ0) is 21.5. The van der Waals surface area contributed by atoms with Crippen LogP contribution in [0, 0.1) is 19.7 Å². The average molecular weight is 411 g/mol. The molecule has 0 spiro atoms. The van der Waals surface area contributed by atoms with Crippen LogP contribution in [0.2, 0.25) is 0 Å². The molecule has 0 aliphatic rings. The van der Waals surface area contributed by atoms with Gasteiger partial charge in [-0.2, -0.15) is 0 Å². The van der Waals surface area contributed by atoms with Crippen LogP contribution in [-0.4, -0.2) is 25.4 Å². The normalized spacial score (nSPS) is 11.2. The number of aromatic nitrogens is 4. The van der Waals surface area contributed by atoms with E-state index in [0.717, 1.165) is 5.52 Å². The molecule has 5 rings (SSSR count). The van der Waals surface area contributed by atoms with Gasteiger partial charge in [0.2, 0.25) is 5.65 Å². The van der Waals surface area contributed by atoms with Gasteiger partial charge < -0.3 is 5.32 Å². The summed E-state index contributed by atoms with van der Waals surface area (Å²) < 4.78 is 15.8. The first-order chi connectivity index (χ1) is 15.0. The molecule has 0 amide bonds. The first-order valence-corrected chi connectivity index (χ1v) is 9.80. The molecule has 6 nitrogen and oxygen atoms in total. The van der Waals surface area contributed by atoms with Crippen LogP contribution < -0.4 is 5.32 Å². The highest BCUT2D eigenvalue weighted by Gasteiger charge is 2.16.